The van der Waals surface area contributed by atoms with Gasteiger partial charge in [0.05, 0.1) is 7.11 Å². The first-order chi connectivity index (χ1) is 8.24. The predicted molar refractivity (Wildman–Crippen MR) is 66.1 cm³/mol. The SMILES string of the molecule is COc1ccc(C(=O)N2CC(CCN)C2)cc1. The first-order valence-corrected chi connectivity index (χ1v) is 5.88. The van der Waals surface area contributed by atoms with E-state index in [2.05, 4.69) is 0 Å². The Morgan fingerprint density at radius 3 is 2.59 bits per heavy atom. The molecule has 1 aromatic carbocycles. The van der Waals surface area contributed by atoms with Crippen LogP contribution in [0.2, 0.25) is 0 Å². The predicted octanol–water partition coefficient (Wildman–Crippen LogP) is 1.12. The molecule has 0 bridgehead atoms. The van der Waals surface area contributed by atoms with E-state index in [0.29, 0.717) is 12.5 Å². The van der Waals surface area contributed by atoms with Crippen molar-refractivity contribution in [2.45, 2.75) is 6.42 Å². The second-order valence-corrected chi connectivity index (χ2v) is 4.38. The second-order valence-electron chi connectivity index (χ2n) is 4.38. The van der Waals surface area contributed by atoms with Crippen molar-refractivity contribution in [2.75, 3.05) is 26.7 Å². The number of hydrogen-bond donors (Lipinski definition) is 1. The van der Waals surface area contributed by atoms with Crippen molar-refractivity contribution in [1.82, 2.24) is 4.90 Å². The molecule has 1 saturated heterocycles. The van der Waals surface area contributed by atoms with E-state index in [1.54, 1.807) is 19.2 Å². The highest BCUT2D eigenvalue weighted by atomic mass is 16.5. The van der Waals surface area contributed by atoms with Crippen LogP contribution < -0.4 is 10.5 Å². The number of nitrogens with two attached hydrogens (primary N) is 1. The van der Waals surface area contributed by atoms with Crippen LogP contribution in [0.15, 0.2) is 24.3 Å². The van der Waals surface area contributed by atoms with Gasteiger partial charge in [-0.25, -0.2) is 0 Å². The van der Waals surface area contributed by atoms with Gasteiger partial charge in [0.1, 0.15) is 5.75 Å². The largest absolute Gasteiger partial charge is 0.497 e. The normalized spacial score (nSPS) is 15.5. The molecule has 17 heavy (non-hydrogen) atoms. The van der Waals surface area contributed by atoms with Crippen LogP contribution in [-0.4, -0.2) is 37.6 Å². The lowest BCUT2D eigenvalue weighted by Crippen LogP contribution is -2.50. The zero-order chi connectivity index (χ0) is 12.3. The Bertz CT molecular complexity index is 383. The van der Waals surface area contributed by atoms with Gasteiger partial charge in [-0.3, -0.25) is 4.79 Å². The van der Waals surface area contributed by atoms with E-state index in [0.717, 1.165) is 30.8 Å². The Balaban J connectivity index is 1.92. The molecule has 1 aromatic rings. The zero-order valence-electron chi connectivity index (χ0n) is 10.1. The molecule has 1 aliphatic rings. The summed E-state index contributed by atoms with van der Waals surface area (Å²) in [6.07, 6.45) is 1.01. The van der Waals surface area contributed by atoms with Crippen LogP contribution >= 0.6 is 0 Å². The van der Waals surface area contributed by atoms with Crippen LogP contribution in [0.5, 0.6) is 5.75 Å². The van der Waals surface area contributed by atoms with Crippen LogP contribution in [0.4, 0.5) is 0 Å². The van der Waals surface area contributed by atoms with Gasteiger partial charge in [0.25, 0.3) is 5.91 Å². The number of amides is 1. The minimum absolute atomic E-state index is 0.0981. The molecule has 0 saturated carbocycles. The molecule has 0 aliphatic carbocycles. The van der Waals surface area contributed by atoms with Crippen molar-refractivity contribution in [1.29, 1.82) is 0 Å². The standard InChI is InChI=1S/C13H18N2O2/c1-17-12-4-2-11(3-5-12)13(16)15-8-10(9-15)6-7-14/h2-5,10H,6-9,14H2,1H3. The molecule has 2 rings (SSSR count). The molecule has 0 aromatic heterocycles. The van der Waals surface area contributed by atoms with Crippen molar-refractivity contribution in [2.24, 2.45) is 11.7 Å². The van der Waals surface area contributed by atoms with Gasteiger partial charge in [-0.05, 0) is 43.1 Å². The van der Waals surface area contributed by atoms with Crippen LogP contribution in [0.25, 0.3) is 0 Å². The molecular weight excluding hydrogens is 216 g/mol. The third-order valence-corrected chi connectivity index (χ3v) is 3.16. The van der Waals surface area contributed by atoms with Gasteiger partial charge in [-0.1, -0.05) is 0 Å². The first kappa shape index (κ1) is 11.9. The lowest BCUT2D eigenvalue weighted by atomic mass is 9.95. The van der Waals surface area contributed by atoms with Gasteiger partial charge in [0.15, 0.2) is 0 Å². The zero-order valence-corrected chi connectivity index (χ0v) is 10.1. The Kier molecular flexibility index (Phi) is 3.64. The van der Waals surface area contributed by atoms with Gasteiger partial charge in [0.2, 0.25) is 0 Å². The van der Waals surface area contributed by atoms with E-state index >= 15 is 0 Å². The van der Waals surface area contributed by atoms with E-state index in [9.17, 15) is 4.79 Å². The van der Waals surface area contributed by atoms with E-state index in [1.165, 1.54) is 0 Å². The highest BCUT2D eigenvalue weighted by Crippen LogP contribution is 2.21. The fraction of sp³-hybridized carbons (Fsp3) is 0.462. The number of carbonyl (C=O) groups is 1. The van der Waals surface area contributed by atoms with E-state index in [1.807, 2.05) is 17.0 Å². The van der Waals surface area contributed by atoms with Gasteiger partial charge in [0, 0.05) is 18.7 Å². The third kappa shape index (κ3) is 2.58. The highest BCUT2D eigenvalue weighted by Gasteiger charge is 2.30. The maximum absolute atomic E-state index is 12.0. The summed E-state index contributed by atoms with van der Waals surface area (Å²) in [5.74, 6) is 1.45. The highest BCUT2D eigenvalue weighted by molar-refractivity contribution is 5.94. The average Bonchev–Trinajstić information content (AvgIpc) is 2.32. The Morgan fingerprint density at radius 2 is 2.06 bits per heavy atom. The number of benzene rings is 1. The topological polar surface area (TPSA) is 55.6 Å². The van der Waals surface area contributed by atoms with E-state index < -0.39 is 0 Å². The summed E-state index contributed by atoms with van der Waals surface area (Å²) in [7, 11) is 1.61. The summed E-state index contributed by atoms with van der Waals surface area (Å²) in [6, 6.07) is 7.23. The summed E-state index contributed by atoms with van der Waals surface area (Å²) in [5, 5.41) is 0. The molecule has 1 heterocycles. The molecule has 4 heteroatoms. The molecule has 2 N–H and O–H groups in total. The number of rotatable bonds is 4. The number of carbonyl (C=O) groups excluding carboxylic acids is 1. The van der Waals surface area contributed by atoms with E-state index in [4.69, 9.17) is 10.5 Å². The lowest BCUT2D eigenvalue weighted by molar-refractivity contribution is 0.0490. The van der Waals surface area contributed by atoms with Crippen LogP contribution in [0.1, 0.15) is 16.8 Å². The molecule has 4 nitrogen and oxygen atoms in total. The maximum Gasteiger partial charge on any atom is 0.253 e. The van der Waals surface area contributed by atoms with Crippen molar-refractivity contribution in [3.05, 3.63) is 29.8 Å². The quantitative estimate of drug-likeness (QED) is 0.849. The maximum atomic E-state index is 12.0. The van der Waals surface area contributed by atoms with Crippen LogP contribution in [0.3, 0.4) is 0 Å². The molecule has 92 valence electrons. The summed E-state index contributed by atoms with van der Waals surface area (Å²) in [6.45, 7) is 2.37. The molecule has 1 fully saturated rings. The van der Waals surface area contributed by atoms with Crippen molar-refractivity contribution < 1.29 is 9.53 Å². The minimum Gasteiger partial charge on any atom is -0.497 e. The third-order valence-electron chi connectivity index (χ3n) is 3.16. The van der Waals surface area contributed by atoms with E-state index in [-0.39, 0.29) is 5.91 Å². The summed E-state index contributed by atoms with van der Waals surface area (Å²) >= 11 is 0. The van der Waals surface area contributed by atoms with Crippen molar-refractivity contribution >= 4 is 5.91 Å². The van der Waals surface area contributed by atoms with Crippen LogP contribution in [0, 0.1) is 5.92 Å². The number of hydrogen-bond acceptors (Lipinski definition) is 3. The smallest absolute Gasteiger partial charge is 0.253 e. The molecule has 0 unspecified atom stereocenters. The van der Waals surface area contributed by atoms with Gasteiger partial charge in [-0.15, -0.1) is 0 Å². The number of likely N-dealkylation sites (tertiary alicyclic amines) is 1. The number of nitrogens with zero attached hydrogens (tertiary/aromatic N) is 1. The summed E-state index contributed by atoms with van der Waals surface area (Å²) in [5.41, 5.74) is 6.21. The van der Waals surface area contributed by atoms with Crippen molar-refractivity contribution in [3.63, 3.8) is 0 Å². The number of methoxy groups -OCH3 is 1. The molecule has 1 aliphatic heterocycles. The number of ether oxygens (including phenoxy) is 1. The Morgan fingerprint density at radius 1 is 1.41 bits per heavy atom. The molecule has 0 atom stereocenters. The molecule has 1 amide bonds. The van der Waals surface area contributed by atoms with Crippen molar-refractivity contribution in [3.8, 4) is 5.75 Å². The van der Waals surface area contributed by atoms with Gasteiger partial charge < -0.3 is 15.4 Å². The second kappa shape index (κ2) is 5.19. The minimum atomic E-state index is 0.0981. The Labute approximate surface area is 101 Å². The molecular formula is C13H18N2O2. The lowest BCUT2D eigenvalue weighted by Gasteiger charge is -2.39. The van der Waals surface area contributed by atoms with Gasteiger partial charge in [-0.2, -0.15) is 0 Å². The Hall–Kier alpha value is -1.55. The van der Waals surface area contributed by atoms with Gasteiger partial charge >= 0.3 is 0 Å². The summed E-state index contributed by atoms with van der Waals surface area (Å²) in [4.78, 5) is 13.9. The average molecular weight is 234 g/mol. The fourth-order valence-corrected chi connectivity index (χ4v) is 2.07. The monoisotopic (exact) mass is 234 g/mol. The first-order valence-electron chi connectivity index (χ1n) is 5.88. The fourth-order valence-electron chi connectivity index (χ4n) is 2.07. The molecule has 0 spiro atoms. The molecule has 0 radical (unpaired) electrons. The summed E-state index contributed by atoms with van der Waals surface area (Å²) < 4.78 is 5.06. The van der Waals surface area contributed by atoms with Crippen LogP contribution in [-0.2, 0) is 0 Å².